The maximum atomic E-state index is 12.7. The van der Waals surface area contributed by atoms with Crippen LogP contribution < -0.4 is 10.6 Å². The molecule has 0 radical (unpaired) electrons. The second-order valence-electron chi connectivity index (χ2n) is 6.34. The number of carbonyl (C=O) groups excluding carboxylic acids is 2. The Morgan fingerprint density at radius 1 is 1.04 bits per heavy atom. The number of amides is 2. The van der Waals surface area contributed by atoms with E-state index < -0.39 is 0 Å². The molecule has 0 unspecified atom stereocenters. The van der Waals surface area contributed by atoms with E-state index >= 15 is 0 Å². The molecule has 0 atom stereocenters. The summed E-state index contributed by atoms with van der Waals surface area (Å²) in [5, 5.41) is 6.21. The van der Waals surface area contributed by atoms with Gasteiger partial charge in [-0.2, -0.15) is 0 Å². The van der Waals surface area contributed by atoms with Gasteiger partial charge in [0.25, 0.3) is 5.91 Å². The van der Waals surface area contributed by atoms with Crippen molar-refractivity contribution in [3.63, 3.8) is 0 Å². The van der Waals surface area contributed by atoms with E-state index in [4.69, 9.17) is 23.8 Å². The van der Waals surface area contributed by atoms with Gasteiger partial charge in [0.1, 0.15) is 0 Å². The summed E-state index contributed by atoms with van der Waals surface area (Å²) in [6.45, 7) is 1.53. The molecule has 28 heavy (non-hydrogen) atoms. The average Bonchev–Trinajstić information content (AvgIpc) is 3.22. The van der Waals surface area contributed by atoms with Gasteiger partial charge >= 0.3 is 0 Å². The highest BCUT2D eigenvalue weighted by Gasteiger charge is 2.21. The van der Waals surface area contributed by atoms with Gasteiger partial charge in [0, 0.05) is 24.2 Å². The Balaban J connectivity index is 1.63. The highest BCUT2D eigenvalue weighted by atomic mass is 35.5. The third kappa shape index (κ3) is 5.18. The average molecular weight is 414 g/mol. The maximum Gasteiger partial charge on any atom is 0.255 e. The number of rotatable bonds is 4. The van der Waals surface area contributed by atoms with Crippen LogP contribution in [0.3, 0.4) is 0 Å². The molecule has 5 nitrogen and oxygen atoms in total. The Hall–Kier alpha value is -2.70. The minimum Gasteiger partial charge on any atom is -0.339 e. The zero-order chi connectivity index (χ0) is 19.9. The number of hydrogen-bond donors (Lipinski definition) is 2. The minimum atomic E-state index is -0.388. The fourth-order valence-corrected chi connectivity index (χ4v) is 3.36. The van der Waals surface area contributed by atoms with Gasteiger partial charge in [0.05, 0.1) is 11.3 Å². The summed E-state index contributed by atoms with van der Waals surface area (Å²) in [4.78, 5) is 26.6. The van der Waals surface area contributed by atoms with Crippen LogP contribution in [0.1, 0.15) is 28.8 Å². The van der Waals surface area contributed by atoms with Gasteiger partial charge in [-0.1, -0.05) is 41.9 Å². The summed E-state index contributed by atoms with van der Waals surface area (Å²) >= 11 is 11.3. The number of halogens is 1. The topological polar surface area (TPSA) is 61.4 Å². The summed E-state index contributed by atoms with van der Waals surface area (Å²) in [6.07, 6.45) is 5.02. The van der Waals surface area contributed by atoms with Gasteiger partial charge in [-0.3, -0.25) is 14.9 Å². The third-order valence-corrected chi connectivity index (χ3v) is 4.90. The molecule has 0 saturated carbocycles. The molecule has 1 fully saturated rings. The van der Waals surface area contributed by atoms with E-state index in [1.54, 1.807) is 24.3 Å². The van der Waals surface area contributed by atoms with Crippen LogP contribution >= 0.6 is 23.8 Å². The van der Waals surface area contributed by atoms with Crippen molar-refractivity contribution in [1.82, 2.24) is 10.2 Å². The van der Waals surface area contributed by atoms with Crippen molar-refractivity contribution < 1.29 is 9.59 Å². The van der Waals surface area contributed by atoms with Crippen molar-refractivity contribution in [3.8, 4) is 0 Å². The van der Waals surface area contributed by atoms with E-state index in [2.05, 4.69) is 10.6 Å². The number of nitrogens with one attached hydrogen (secondary N) is 2. The highest BCUT2D eigenvalue weighted by Crippen LogP contribution is 2.20. The van der Waals surface area contributed by atoms with Gasteiger partial charge in [-0.15, -0.1) is 0 Å². The molecule has 1 aliphatic heterocycles. The van der Waals surface area contributed by atoms with Crippen molar-refractivity contribution >= 4 is 52.5 Å². The summed E-state index contributed by atoms with van der Waals surface area (Å²) < 4.78 is 0. The standard InChI is InChI=1S/C21H20ClN3O2S/c22-17-9-3-1-7-15(17)11-12-19(26)24-21(28)23-18-10-4-2-8-16(18)20(27)25-13-5-6-14-25/h1-4,7-12H,5-6,13-14H2,(H2,23,24,26,28). The molecule has 3 rings (SSSR count). The first-order valence-electron chi connectivity index (χ1n) is 8.97. The highest BCUT2D eigenvalue weighted by molar-refractivity contribution is 7.80. The molecular weight excluding hydrogens is 394 g/mol. The van der Waals surface area contributed by atoms with Crippen LogP contribution in [0.4, 0.5) is 5.69 Å². The van der Waals surface area contributed by atoms with Gasteiger partial charge < -0.3 is 10.2 Å². The molecule has 144 valence electrons. The van der Waals surface area contributed by atoms with Crippen LogP contribution in [-0.2, 0) is 4.79 Å². The smallest absolute Gasteiger partial charge is 0.255 e. The molecule has 0 aliphatic carbocycles. The first-order chi connectivity index (χ1) is 13.5. The van der Waals surface area contributed by atoms with Gasteiger partial charge in [-0.05, 0) is 54.9 Å². The van der Waals surface area contributed by atoms with Gasteiger partial charge in [-0.25, -0.2) is 0 Å². The fraction of sp³-hybridized carbons (Fsp3) is 0.190. The molecule has 2 N–H and O–H groups in total. The number of carbonyl (C=O) groups is 2. The molecule has 2 aromatic rings. The Labute approximate surface area is 174 Å². The Morgan fingerprint density at radius 3 is 2.46 bits per heavy atom. The summed E-state index contributed by atoms with van der Waals surface area (Å²) in [7, 11) is 0. The summed E-state index contributed by atoms with van der Waals surface area (Å²) in [5.41, 5.74) is 1.84. The molecule has 1 saturated heterocycles. The van der Waals surface area contributed by atoms with Crippen LogP contribution in [-0.4, -0.2) is 34.9 Å². The largest absolute Gasteiger partial charge is 0.339 e. The quantitative estimate of drug-likeness (QED) is 0.585. The first-order valence-corrected chi connectivity index (χ1v) is 9.76. The van der Waals surface area contributed by atoms with Crippen LogP contribution in [0.2, 0.25) is 5.02 Å². The SMILES string of the molecule is O=C(C=Cc1ccccc1Cl)NC(=S)Nc1ccccc1C(=O)N1CCCC1. The number of para-hydroxylation sites is 1. The summed E-state index contributed by atoms with van der Waals surface area (Å²) in [6, 6.07) is 14.4. The number of likely N-dealkylation sites (tertiary alicyclic amines) is 1. The van der Waals surface area contributed by atoms with Crippen molar-refractivity contribution in [2.24, 2.45) is 0 Å². The van der Waals surface area contributed by atoms with Crippen LogP contribution in [0.25, 0.3) is 6.08 Å². The molecule has 1 heterocycles. The minimum absolute atomic E-state index is 0.0339. The molecular formula is C21H20ClN3O2S. The van der Waals surface area contributed by atoms with Crippen molar-refractivity contribution in [1.29, 1.82) is 0 Å². The Bertz CT molecular complexity index is 923. The van der Waals surface area contributed by atoms with Crippen LogP contribution in [0, 0.1) is 0 Å². The lowest BCUT2D eigenvalue weighted by atomic mass is 10.1. The number of thiocarbonyl (C=S) groups is 1. The Morgan fingerprint density at radius 2 is 1.71 bits per heavy atom. The second-order valence-corrected chi connectivity index (χ2v) is 7.16. The van der Waals surface area contributed by atoms with Crippen molar-refractivity contribution in [2.45, 2.75) is 12.8 Å². The number of benzene rings is 2. The Kier molecular flexibility index (Phi) is 6.79. The molecule has 1 aliphatic rings. The molecule has 2 amide bonds. The molecule has 0 bridgehead atoms. The molecule has 0 spiro atoms. The molecule has 7 heteroatoms. The maximum absolute atomic E-state index is 12.7. The predicted molar refractivity (Wildman–Crippen MR) is 116 cm³/mol. The number of nitrogens with zero attached hydrogens (tertiary/aromatic N) is 1. The molecule has 2 aromatic carbocycles. The van der Waals surface area contributed by atoms with E-state index in [1.165, 1.54) is 6.08 Å². The lowest BCUT2D eigenvalue weighted by molar-refractivity contribution is -0.115. The second kappa shape index (κ2) is 9.48. The van der Waals surface area contributed by atoms with E-state index in [-0.39, 0.29) is 16.9 Å². The van der Waals surface area contributed by atoms with Crippen molar-refractivity contribution in [3.05, 3.63) is 70.8 Å². The molecule has 0 aromatic heterocycles. The van der Waals surface area contributed by atoms with Gasteiger partial charge in [0.2, 0.25) is 5.91 Å². The zero-order valence-electron chi connectivity index (χ0n) is 15.2. The zero-order valence-corrected chi connectivity index (χ0v) is 16.7. The fourth-order valence-electron chi connectivity index (χ4n) is 2.95. The lowest BCUT2D eigenvalue weighted by Gasteiger charge is -2.18. The van der Waals surface area contributed by atoms with E-state index in [0.717, 1.165) is 31.5 Å². The van der Waals surface area contributed by atoms with Crippen molar-refractivity contribution in [2.75, 3.05) is 18.4 Å². The lowest BCUT2D eigenvalue weighted by Crippen LogP contribution is -2.34. The normalized spacial score (nSPS) is 13.5. The van der Waals surface area contributed by atoms with E-state index in [1.807, 2.05) is 35.2 Å². The first kappa shape index (κ1) is 20.0. The number of hydrogen-bond acceptors (Lipinski definition) is 3. The van der Waals surface area contributed by atoms with E-state index in [0.29, 0.717) is 16.3 Å². The third-order valence-electron chi connectivity index (χ3n) is 4.36. The van der Waals surface area contributed by atoms with E-state index in [9.17, 15) is 9.59 Å². The summed E-state index contributed by atoms with van der Waals surface area (Å²) in [5.74, 6) is -0.422. The van der Waals surface area contributed by atoms with Gasteiger partial charge in [0.15, 0.2) is 5.11 Å². The number of anilines is 1. The van der Waals surface area contributed by atoms with Crippen LogP contribution in [0.15, 0.2) is 54.6 Å². The monoisotopic (exact) mass is 413 g/mol. The predicted octanol–water partition coefficient (Wildman–Crippen LogP) is 4.10. The van der Waals surface area contributed by atoms with Crippen LogP contribution in [0.5, 0.6) is 0 Å².